The molecule has 0 bridgehead atoms. The molecule has 0 unspecified atom stereocenters. The van der Waals surface area contributed by atoms with Crippen molar-refractivity contribution in [2.75, 3.05) is 0 Å². The third kappa shape index (κ3) is 3.01. The monoisotopic (exact) mass is 375 g/mol. The fourth-order valence-corrected chi connectivity index (χ4v) is 3.05. The number of carbonyl (C=O) groups is 2. The van der Waals surface area contributed by atoms with Crippen molar-refractivity contribution in [1.29, 1.82) is 0 Å². The molecule has 0 saturated carbocycles. The van der Waals surface area contributed by atoms with Crippen LogP contribution in [0.15, 0.2) is 59.4 Å². The highest BCUT2D eigenvalue weighted by atomic mass is 16.2. The molecular formula is C20H17N5O3. The van der Waals surface area contributed by atoms with Gasteiger partial charge < -0.3 is 4.98 Å². The average molecular weight is 375 g/mol. The molecule has 0 aliphatic rings. The van der Waals surface area contributed by atoms with Gasteiger partial charge in [0.1, 0.15) is 5.69 Å². The molecule has 4 rings (SSSR count). The van der Waals surface area contributed by atoms with Crippen molar-refractivity contribution in [3.05, 3.63) is 76.3 Å². The lowest BCUT2D eigenvalue weighted by Crippen LogP contribution is -2.43. The van der Waals surface area contributed by atoms with E-state index in [-0.39, 0.29) is 11.3 Å². The van der Waals surface area contributed by atoms with E-state index in [2.05, 4.69) is 20.9 Å². The maximum atomic E-state index is 12.6. The van der Waals surface area contributed by atoms with Crippen molar-refractivity contribution in [3.63, 3.8) is 0 Å². The van der Waals surface area contributed by atoms with Crippen LogP contribution in [0.25, 0.3) is 21.7 Å². The van der Waals surface area contributed by atoms with Gasteiger partial charge in [-0.05, 0) is 25.1 Å². The Labute approximate surface area is 159 Å². The van der Waals surface area contributed by atoms with Gasteiger partial charge in [0.15, 0.2) is 5.69 Å². The number of fused-ring (bicyclic) bond motifs is 2. The molecule has 0 atom stereocenters. The standard InChI is InChI=1S/C20H17N5O3/c1-2-25-20(28)14-9-5-4-8-13(14)17(24-25)19(27)23-22-18(26)16-11-12-7-3-6-10-15(12)21-16/h3-11,21H,2H2,1H3,(H,22,26)(H,23,27). The van der Waals surface area contributed by atoms with Crippen molar-refractivity contribution in [3.8, 4) is 0 Å². The summed E-state index contributed by atoms with van der Waals surface area (Å²) in [5.74, 6) is -1.10. The summed E-state index contributed by atoms with van der Waals surface area (Å²) in [6, 6.07) is 15.9. The Hall–Kier alpha value is -3.94. The van der Waals surface area contributed by atoms with Crippen LogP contribution in [0.4, 0.5) is 0 Å². The molecule has 0 fully saturated rings. The number of rotatable bonds is 3. The molecule has 8 nitrogen and oxygen atoms in total. The molecule has 140 valence electrons. The predicted octanol–water partition coefficient (Wildman–Crippen LogP) is 1.97. The van der Waals surface area contributed by atoms with E-state index in [1.54, 1.807) is 37.3 Å². The fourth-order valence-electron chi connectivity index (χ4n) is 3.05. The number of aromatic amines is 1. The van der Waals surface area contributed by atoms with Crippen LogP contribution < -0.4 is 16.4 Å². The highest BCUT2D eigenvalue weighted by molar-refractivity contribution is 6.06. The van der Waals surface area contributed by atoms with Crippen LogP contribution >= 0.6 is 0 Å². The summed E-state index contributed by atoms with van der Waals surface area (Å²) in [4.78, 5) is 40.3. The van der Waals surface area contributed by atoms with E-state index < -0.39 is 11.8 Å². The zero-order valence-corrected chi connectivity index (χ0v) is 15.0. The first kappa shape index (κ1) is 17.5. The van der Waals surface area contributed by atoms with Gasteiger partial charge in [-0.1, -0.05) is 36.4 Å². The normalized spacial score (nSPS) is 10.9. The summed E-state index contributed by atoms with van der Waals surface area (Å²) in [5, 5.41) is 5.85. The highest BCUT2D eigenvalue weighted by Gasteiger charge is 2.17. The summed E-state index contributed by atoms with van der Waals surface area (Å²) >= 11 is 0. The summed E-state index contributed by atoms with van der Waals surface area (Å²) in [6.07, 6.45) is 0. The Kier molecular flexibility index (Phi) is 4.36. The Morgan fingerprint density at radius 2 is 1.68 bits per heavy atom. The van der Waals surface area contributed by atoms with E-state index in [0.717, 1.165) is 10.9 Å². The number of carbonyl (C=O) groups excluding carboxylic acids is 2. The van der Waals surface area contributed by atoms with Gasteiger partial charge in [-0.15, -0.1) is 0 Å². The zero-order chi connectivity index (χ0) is 19.7. The topological polar surface area (TPSA) is 109 Å². The largest absolute Gasteiger partial charge is 0.350 e. The van der Waals surface area contributed by atoms with Crippen molar-refractivity contribution < 1.29 is 9.59 Å². The van der Waals surface area contributed by atoms with E-state index in [4.69, 9.17) is 0 Å². The molecule has 4 aromatic rings. The molecule has 0 aliphatic heterocycles. The molecule has 2 aromatic heterocycles. The van der Waals surface area contributed by atoms with Crippen LogP contribution in [-0.2, 0) is 6.54 Å². The third-order valence-corrected chi connectivity index (χ3v) is 4.45. The van der Waals surface area contributed by atoms with Gasteiger partial charge in [-0.25, -0.2) is 4.68 Å². The second-order valence-electron chi connectivity index (χ2n) is 6.19. The molecule has 2 amide bonds. The Morgan fingerprint density at radius 1 is 1.00 bits per heavy atom. The van der Waals surface area contributed by atoms with E-state index in [1.807, 2.05) is 24.3 Å². The highest BCUT2D eigenvalue weighted by Crippen LogP contribution is 2.15. The maximum Gasteiger partial charge on any atom is 0.290 e. The third-order valence-electron chi connectivity index (χ3n) is 4.45. The van der Waals surface area contributed by atoms with E-state index in [1.165, 1.54) is 4.68 Å². The molecule has 2 heterocycles. The number of amides is 2. The number of H-pyrrole nitrogens is 1. The molecule has 0 aliphatic carbocycles. The lowest BCUT2D eigenvalue weighted by molar-refractivity contribution is 0.0841. The number of hydrogen-bond donors (Lipinski definition) is 3. The first-order valence-electron chi connectivity index (χ1n) is 8.76. The van der Waals surface area contributed by atoms with Crippen LogP contribution in [0.3, 0.4) is 0 Å². The van der Waals surface area contributed by atoms with Gasteiger partial charge in [0.2, 0.25) is 0 Å². The van der Waals surface area contributed by atoms with Crippen LogP contribution in [0.1, 0.15) is 27.9 Å². The van der Waals surface area contributed by atoms with Gasteiger partial charge in [0.05, 0.1) is 5.39 Å². The van der Waals surface area contributed by atoms with Gasteiger partial charge in [0, 0.05) is 22.8 Å². The van der Waals surface area contributed by atoms with Crippen LogP contribution in [-0.4, -0.2) is 26.6 Å². The number of aromatic nitrogens is 3. The lowest BCUT2D eigenvalue weighted by Gasteiger charge is -2.10. The van der Waals surface area contributed by atoms with Gasteiger partial charge >= 0.3 is 0 Å². The van der Waals surface area contributed by atoms with E-state index in [0.29, 0.717) is 23.0 Å². The summed E-state index contributed by atoms with van der Waals surface area (Å²) in [7, 11) is 0. The number of benzene rings is 2. The fraction of sp³-hybridized carbons (Fsp3) is 0.100. The molecule has 3 N–H and O–H groups in total. The molecule has 2 aromatic carbocycles. The lowest BCUT2D eigenvalue weighted by atomic mass is 10.1. The Balaban J connectivity index is 1.59. The first-order valence-corrected chi connectivity index (χ1v) is 8.76. The number of nitrogens with zero attached hydrogens (tertiary/aromatic N) is 2. The Bertz CT molecular complexity index is 1240. The smallest absolute Gasteiger partial charge is 0.290 e. The average Bonchev–Trinajstić information content (AvgIpc) is 3.16. The SMILES string of the molecule is CCn1nc(C(=O)NNC(=O)c2cc3ccccc3[nH]2)c2ccccc2c1=O. The van der Waals surface area contributed by atoms with Crippen LogP contribution in [0, 0.1) is 0 Å². The summed E-state index contributed by atoms with van der Waals surface area (Å²) in [6.45, 7) is 2.09. The van der Waals surface area contributed by atoms with Crippen molar-refractivity contribution in [2.24, 2.45) is 0 Å². The second kappa shape index (κ2) is 6.99. The number of nitrogens with one attached hydrogen (secondary N) is 3. The Morgan fingerprint density at radius 3 is 2.43 bits per heavy atom. The molecule has 0 spiro atoms. The minimum atomic E-state index is -0.608. The molecular weight excluding hydrogens is 358 g/mol. The van der Waals surface area contributed by atoms with Crippen molar-refractivity contribution in [1.82, 2.24) is 25.6 Å². The minimum Gasteiger partial charge on any atom is -0.350 e. The number of hydrazine groups is 1. The zero-order valence-electron chi connectivity index (χ0n) is 15.0. The minimum absolute atomic E-state index is 0.0639. The van der Waals surface area contributed by atoms with E-state index in [9.17, 15) is 14.4 Å². The maximum absolute atomic E-state index is 12.6. The second-order valence-corrected chi connectivity index (χ2v) is 6.19. The van der Waals surface area contributed by atoms with Crippen LogP contribution in [0.5, 0.6) is 0 Å². The molecule has 8 heteroatoms. The first-order chi connectivity index (χ1) is 13.6. The number of para-hydroxylation sites is 1. The van der Waals surface area contributed by atoms with Gasteiger partial charge in [-0.3, -0.25) is 25.2 Å². The quantitative estimate of drug-likeness (QED) is 0.476. The summed E-state index contributed by atoms with van der Waals surface area (Å²) in [5.41, 5.74) is 5.68. The van der Waals surface area contributed by atoms with Crippen molar-refractivity contribution in [2.45, 2.75) is 13.5 Å². The number of hydrogen-bond acceptors (Lipinski definition) is 4. The predicted molar refractivity (Wildman–Crippen MR) is 105 cm³/mol. The summed E-state index contributed by atoms with van der Waals surface area (Å²) < 4.78 is 1.22. The van der Waals surface area contributed by atoms with Gasteiger partial charge in [-0.2, -0.15) is 5.10 Å². The van der Waals surface area contributed by atoms with E-state index >= 15 is 0 Å². The molecule has 0 saturated heterocycles. The van der Waals surface area contributed by atoms with Gasteiger partial charge in [0.25, 0.3) is 17.4 Å². The molecule has 0 radical (unpaired) electrons. The number of aryl methyl sites for hydroxylation is 1. The molecule has 28 heavy (non-hydrogen) atoms. The van der Waals surface area contributed by atoms with Crippen molar-refractivity contribution >= 4 is 33.5 Å². The van der Waals surface area contributed by atoms with Crippen LogP contribution in [0.2, 0.25) is 0 Å².